The molecule has 1 aliphatic heterocycles. The number of hydrogen-bond acceptors (Lipinski definition) is 6. The summed E-state index contributed by atoms with van der Waals surface area (Å²) in [5.41, 5.74) is 6.25. The van der Waals surface area contributed by atoms with Crippen molar-refractivity contribution >= 4 is 45.5 Å². The maximum atomic E-state index is 12.6. The number of amides is 2. The van der Waals surface area contributed by atoms with Gasteiger partial charge in [0, 0.05) is 27.9 Å². The molecule has 0 unspecified atom stereocenters. The summed E-state index contributed by atoms with van der Waals surface area (Å²) in [5, 5.41) is 6.81. The number of likely N-dealkylation sites (N-methyl/N-ethyl adjacent to an activating group) is 1. The lowest BCUT2D eigenvalue weighted by atomic mass is 9.88. The molecule has 0 spiro atoms. The summed E-state index contributed by atoms with van der Waals surface area (Å²) >= 11 is 0. The van der Waals surface area contributed by atoms with E-state index in [2.05, 4.69) is 10.6 Å². The molecule has 0 saturated heterocycles. The van der Waals surface area contributed by atoms with E-state index in [-0.39, 0.29) is 22.2 Å². The average molecular weight is 335 g/mol. The largest absolute Gasteiger partial charge is 0.395 e. The van der Waals surface area contributed by atoms with E-state index in [1.807, 2.05) is 0 Å². The fraction of sp³-hybridized carbons (Fsp3) is 0.111. The van der Waals surface area contributed by atoms with Gasteiger partial charge in [-0.25, -0.2) is 0 Å². The quantitative estimate of drug-likeness (QED) is 0.462. The zero-order valence-corrected chi connectivity index (χ0v) is 13.2. The molecular formula is C18H13N3O4. The molecule has 2 aromatic rings. The molecule has 0 fully saturated rings. The fourth-order valence-corrected chi connectivity index (χ4v) is 3.40. The van der Waals surface area contributed by atoms with Gasteiger partial charge in [0.25, 0.3) is 23.4 Å². The molecule has 2 aliphatic rings. The van der Waals surface area contributed by atoms with E-state index < -0.39 is 23.4 Å². The van der Waals surface area contributed by atoms with Crippen molar-refractivity contribution in [2.75, 3.05) is 6.54 Å². The van der Waals surface area contributed by atoms with Gasteiger partial charge in [-0.2, -0.15) is 0 Å². The lowest BCUT2D eigenvalue weighted by Crippen LogP contribution is -2.51. The minimum atomic E-state index is -0.807. The van der Waals surface area contributed by atoms with Crippen molar-refractivity contribution in [1.29, 1.82) is 0 Å². The summed E-state index contributed by atoms with van der Waals surface area (Å²) in [4.78, 5) is 49.3. The predicted molar refractivity (Wildman–Crippen MR) is 89.7 cm³/mol. The average Bonchev–Trinajstić information content (AvgIpc) is 2.60. The van der Waals surface area contributed by atoms with Gasteiger partial charge in [-0.05, 0) is 24.4 Å². The van der Waals surface area contributed by atoms with E-state index in [9.17, 15) is 19.2 Å². The van der Waals surface area contributed by atoms with Crippen molar-refractivity contribution in [3.8, 4) is 0 Å². The Hall–Kier alpha value is -3.48. The number of nitrogens with one attached hydrogen (secondary N) is 2. The van der Waals surface area contributed by atoms with E-state index in [1.165, 1.54) is 0 Å². The van der Waals surface area contributed by atoms with Crippen LogP contribution in [0.3, 0.4) is 0 Å². The molecule has 2 amide bonds. The smallest absolute Gasteiger partial charge is 0.259 e. The number of benzene rings is 2. The maximum Gasteiger partial charge on any atom is 0.259 e. The van der Waals surface area contributed by atoms with Gasteiger partial charge < -0.3 is 11.1 Å². The highest BCUT2D eigenvalue weighted by atomic mass is 16.2. The molecule has 2 aromatic carbocycles. The Kier molecular flexibility index (Phi) is 3.02. The number of rotatable bonds is 2. The zero-order chi connectivity index (χ0) is 17.9. The van der Waals surface area contributed by atoms with E-state index >= 15 is 0 Å². The number of Topliss-reactive ketones (excluding diaryl/α,β-unsaturated/α-hetero) is 2. The molecular weight excluding hydrogens is 322 g/mol. The third-order valence-electron chi connectivity index (χ3n) is 4.44. The van der Waals surface area contributed by atoms with Gasteiger partial charge in [0.1, 0.15) is 0 Å². The van der Waals surface area contributed by atoms with Crippen LogP contribution in [0.1, 0.15) is 27.6 Å². The van der Waals surface area contributed by atoms with Gasteiger partial charge in [0.2, 0.25) is 0 Å². The molecule has 0 bridgehead atoms. The Labute approximate surface area is 141 Å². The Bertz CT molecular complexity index is 1160. The highest BCUT2D eigenvalue weighted by Crippen LogP contribution is 2.24. The van der Waals surface area contributed by atoms with Crippen molar-refractivity contribution in [2.24, 2.45) is 5.73 Å². The van der Waals surface area contributed by atoms with Crippen LogP contribution < -0.4 is 26.8 Å². The first-order valence-electron chi connectivity index (χ1n) is 7.74. The predicted octanol–water partition coefficient (Wildman–Crippen LogP) is -1.34. The number of carbonyl (C=O) groups excluding carboxylic acids is 4. The van der Waals surface area contributed by atoms with Crippen LogP contribution in [-0.2, 0) is 9.59 Å². The van der Waals surface area contributed by atoms with E-state index in [1.54, 1.807) is 31.2 Å². The van der Waals surface area contributed by atoms with E-state index in [4.69, 9.17) is 5.73 Å². The van der Waals surface area contributed by atoms with E-state index in [0.717, 1.165) is 0 Å². The van der Waals surface area contributed by atoms with Crippen LogP contribution in [0, 0.1) is 0 Å². The fourth-order valence-electron chi connectivity index (χ4n) is 3.40. The van der Waals surface area contributed by atoms with Gasteiger partial charge >= 0.3 is 0 Å². The first-order chi connectivity index (χ1) is 12.0. The van der Waals surface area contributed by atoms with Crippen LogP contribution in [0.25, 0.3) is 22.2 Å². The highest BCUT2D eigenvalue weighted by molar-refractivity contribution is 6.62. The molecule has 0 radical (unpaired) electrons. The molecule has 0 saturated carbocycles. The van der Waals surface area contributed by atoms with Crippen LogP contribution in [0.4, 0.5) is 0 Å². The Balaban J connectivity index is 2.38. The van der Waals surface area contributed by atoms with Gasteiger partial charge in [-0.1, -0.05) is 12.1 Å². The monoisotopic (exact) mass is 335 g/mol. The SMILES string of the molecule is CCNC1=c2c3c4c(cccc4cc2=C(N)C(=O)C1=O)C(=O)NC3=O. The zero-order valence-electron chi connectivity index (χ0n) is 13.2. The third kappa shape index (κ3) is 1.86. The molecule has 7 heteroatoms. The lowest BCUT2D eigenvalue weighted by Gasteiger charge is -2.21. The van der Waals surface area contributed by atoms with Crippen LogP contribution in [-0.4, -0.2) is 29.9 Å². The van der Waals surface area contributed by atoms with Crippen molar-refractivity contribution < 1.29 is 19.2 Å². The Morgan fingerprint density at radius 3 is 2.56 bits per heavy atom. The number of carbonyl (C=O) groups is 4. The number of ketones is 2. The van der Waals surface area contributed by atoms with Crippen molar-refractivity contribution in [3.05, 3.63) is 45.8 Å². The van der Waals surface area contributed by atoms with Gasteiger partial charge in [-0.3, -0.25) is 24.5 Å². The molecule has 0 atom stereocenters. The molecule has 7 nitrogen and oxygen atoms in total. The van der Waals surface area contributed by atoms with Crippen LogP contribution in [0.5, 0.6) is 0 Å². The van der Waals surface area contributed by atoms with Gasteiger partial charge in [0.15, 0.2) is 0 Å². The Morgan fingerprint density at radius 1 is 1.08 bits per heavy atom. The minimum absolute atomic E-state index is 0.0351. The summed E-state index contributed by atoms with van der Waals surface area (Å²) in [6.07, 6.45) is 0. The van der Waals surface area contributed by atoms with Gasteiger partial charge in [-0.15, -0.1) is 0 Å². The molecule has 4 rings (SSSR count). The van der Waals surface area contributed by atoms with Gasteiger partial charge in [0.05, 0.1) is 17.0 Å². The summed E-state index contributed by atoms with van der Waals surface area (Å²) in [5.74, 6) is -2.71. The first kappa shape index (κ1) is 15.1. The second-order valence-corrected chi connectivity index (χ2v) is 5.84. The second kappa shape index (κ2) is 5.01. The molecule has 1 aliphatic carbocycles. The molecule has 1 heterocycles. The Morgan fingerprint density at radius 2 is 1.84 bits per heavy atom. The first-order valence-corrected chi connectivity index (χ1v) is 7.74. The standard InChI is InChI=1S/C18H13N3O4/c1-2-20-14-11-9(13(19)15(22)16(14)23)6-7-4-3-5-8-10(7)12(11)18(25)21-17(8)24/h3-6,20H,2,19H2,1H3,(H,21,24,25). The van der Waals surface area contributed by atoms with Crippen LogP contribution >= 0.6 is 0 Å². The maximum absolute atomic E-state index is 12.6. The van der Waals surface area contributed by atoms with E-state index in [0.29, 0.717) is 28.1 Å². The third-order valence-corrected chi connectivity index (χ3v) is 4.44. The van der Waals surface area contributed by atoms with Crippen LogP contribution in [0.2, 0.25) is 0 Å². The summed E-state index contributed by atoms with van der Waals surface area (Å²) in [6, 6.07) is 6.66. The van der Waals surface area contributed by atoms with Crippen LogP contribution in [0.15, 0.2) is 24.3 Å². The number of fused-ring (bicyclic) bond motifs is 2. The van der Waals surface area contributed by atoms with Crippen molar-refractivity contribution in [1.82, 2.24) is 10.6 Å². The highest BCUT2D eigenvalue weighted by Gasteiger charge is 2.33. The molecule has 25 heavy (non-hydrogen) atoms. The molecule has 124 valence electrons. The molecule has 4 N–H and O–H groups in total. The molecule has 0 aromatic heterocycles. The topological polar surface area (TPSA) is 118 Å². The van der Waals surface area contributed by atoms with Crippen molar-refractivity contribution in [2.45, 2.75) is 6.92 Å². The summed E-state index contributed by atoms with van der Waals surface area (Å²) in [6.45, 7) is 2.15. The normalized spacial score (nSPS) is 16.2. The summed E-state index contributed by atoms with van der Waals surface area (Å²) < 4.78 is 0. The second-order valence-electron chi connectivity index (χ2n) is 5.84. The number of imide groups is 1. The minimum Gasteiger partial charge on any atom is -0.395 e. The number of nitrogens with two attached hydrogens (primary N) is 1. The summed E-state index contributed by atoms with van der Waals surface area (Å²) in [7, 11) is 0. The van der Waals surface area contributed by atoms with Crippen molar-refractivity contribution in [3.63, 3.8) is 0 Å². The lowest BCUT2D eigenvalue weighted by molar-refractivity contribution is -0.130. The number of hydrogen-bond donors (Lipinski definition) is 3.